The third-order valence-corrected chi connectivity index (χ3v) is 4.29. The summed E-state index contributed by atoms with van der Waals surface area (Å²) in [6.07, 6.45) is 8.67. The van der Waals surface area contributed by atoms with Gasteiger partial charge in [-0.05, 0) is 44.6 Å². The Balaban J connectivity index is 1.71. The Labute approximate surface area is 94.2 Å². The minimum Gasteiger partial charge on any atom is -0.328 e. The average Bonchev–Trinajstić information content (AvgIpc) is 2.68. The van der Waals surface area contributed by atoms with Crippen molar-refractivity contribution in [1.82, 2.24) is 4.90 Å². The van der Waals surface area contributed by atoms with Gasteiger partial charge in [0.25, 0.3) is 0 Å². The van der Waals surface area contributed by atoms with Crippen molar-refractivity contribution in [3.63, 3.8) is 0 Å². The summed E-state index contributed by atoms with van der Waals surface area (Å²) in [6, 6.07) is 0.390. The summed E-state index contributed by atoms with van der Waals surface area (Å²) in [7, 11) is 0. The fourth-order valence-corrected chi connectivity index (χ4v) is 3.19. The van der Waals surface area contributed by atoms with Crippen LogP contribution in [0.2, 0.25) is 0 Å². The quantitative estimate of drug-likeness (QED) is 0.774. The second kappa shape index (κ2) is 5.31. The summed E-state index contributed by atoms with van der Waals surface area (Å²) in [5.41, 5.74) is 5.97. The molecule has 15 heavy (non-hydrogen) atoms. The molecule has 0 aromatic heterocycles. The Morgan fingerprint density at radius 1 is 1.20 bits per heavy atom. The lowest BCUT2D eigenvalue weighted by Crippen LogP contribution is -2.32. The van der Waals surface area contributed by atoms with Gasteiger partial charge >= 0.3 is 0 Å². The van der Waals surface area contributed by atoms with E-state index < -0.39 is 0 Å². The second-order valence-corrected chi connectivity index (χ2v) is 5.67. The van der Waals surface area contributed by atoms with Crippen LogP contribution in [0.3, 0.4) is 0 Å². The third-order valence-electron chi connectivity index (χ3n) is 4.29. The Morgan fingerprint density at radius 3 is 2.53 bits per heavy atom. The van der Waals surface area contributed by atoms with E-state index in [1.807, 2.05) is 0 Å². The molecule has 0 spiro atoms. The molecule has 0 radical (unpaired) electrons. The Bertz CT molecular complexity index is 185. The van der Waals surface area contributed by atoms with Crippen molar-refractivity contribution in [2.75, 3.05) is 19.6 Å². The second-order valence-electron chi connectivity index (χ2n) is 5.67. The van der Waals surface area contributed by atoms with Gasteiger partial charge in [0.2, 0.25) is 0 Å². The molecule has 2 N–H and O–H groups in total. The molecule has 0 bridgehead atoms. The lowest BCUT2D eigenvalue weighted by atomic mass is 9.89. The van der Waals surface area contributed by atoms with Gasteiger partial charge in [0, 0.05) is 19.1 Å². The summed E-state index contributed by atoms with van der Waals surface area (Å²) < 4.78 is 0. The molecule has 0 aromatic rings. The first-order valence-corrected chi connectivity index (χ1v) is 6.73. The number of nitrogens with zero attached hydrogens (tertiary/aromatic N) is 1. The Kier molecular flexibility index (Phi) is 4.04. The minimum atomic E-state index is 0.390. The van der Waals surface area contributed by atoms with E-state index >= 15 is 0 Å². The molecule has 1 aliphatic carbocycles. The fourth-order valence-electron chi connectivity index (χ4n) is 3.19. The van der Waals surface area contributed by atoms with Crippen molar-refractivity contribution in [1.29, 1.82) is 0 Å². The van der Waals surface area contributed by atoms with Crippen LogP contribution in [0, 0.1) is 11.8 Å². The van der Waals surface area contributed by atoms with Gasteiger partial charge in [-0.2, -0.15) is 0 Å². The molecule has 0 amide bonds. The van der Waals surface area contributed by atoms with Gasteiger partial charge in [0.1, 0.15) is 0 Å². The molecule has 2 fully saturated rings. The minimum absolute atomic E-state index is 0.390. The van der Waals surface area contributed by atoms with E-state index in [4.69, 9.17) is 5.73 Å². The molecule has 2 aliphatic rings. The highest BCUT2D eigenvalue weighted by Crippen LogP contribution is 2.27. The molecule has 2 unspecified atom stereocenters. The monoisotopic (exact) mass is 210 g/mol. The molecule has 1 saturated carbocycles. The van der Waals surface area contributed by atoms with Crippen molar-refractivity contribution in [2.45, 2.75) is 51.5 Å². The van der Waals surface area contributed by atoms with Crippen LogP contribution in [0.1, 0.15) is 45.4 Å². The zero-order valence-electron chi connectivity index (χ0n) is 10.1. The molecule has 2 heteroatoms. The summed E-state index contributed by atoms with van der Waals surface area (Å²) in [4.78, 5) is 2.66. The van der Waals surface area contributed by atoms with Crippen LogP contribution in [0.5, 0.6) is 0 Å². The zero-order valence-corrected chi connectivity index (χ0v) is 10.1. The van der Waals surface area contributed by atoms with E-state index in [1.165, 1.54) is 58.2 Å². The Morgan fingerprint density at radius 2 is 1.93 bits per heavy atom. The van der Waals surface area contributed by atoms with Gasteiger partial charge in [-0.15, -0.1) is 0 Å². The summed E-state index contributed by atoms with van der Waals surface area (Å²) in [5, 5.41) is 0. The van der Waals surface area contributed by atoms with E-state index in [2.05, 4.69) is 11.8 Å². The van der Waals surface area contributed by atoms with E-state index in [0.717, 1.165) is 11.8 Å². The maximum atomic E-state index is 5.97. The van der Waals surface area contributed by atoms with Crippen LogP contribution in [0.15, 0.2) is 0 Å². The summed E-state index contributed by atoms with van der Waals surface area (Å²) in [5.74, 6) is 1.75. The SMILES string of the molecule is CC(N)C1CCN(CC2CCCCC2)C1. The van der Waals surface area contributed by atoms with Gasteiger partial charge in [-0.1, -0.05) is 19.3 Å². The molecular weight excluding hydrogens is 184 g/mol. The van der Waals surface area contributed by atoms with Crippen molar-refractivity contribution in [2.24, 2.45) is 17.6 Å². The molecule has 2 rings (SSSR count). The van der Waals surface area contributed by atoms with Gasteiger partial charge < -0.3 is 10.6 Å². The first kappa shape index (κ1) is 11.4. The van der Waals surface area contributed by atoms with Crippen molar-refractivity contribution >= 4 is 0 Å². The smallest absolute Gasteiger partial charge is 0.00514 e. The predicted molar refractivity (Wildman–Crippen MR) is 64.8 cm³/mol. The van der Waals surface area contributed by atoms with Crippen LogP contribution >= 0.6 is 0 Å². The molecule has 1 saturated heterocycles. The number of hydrogen-bond acceptors (Lipinski definition) is 2. The third kappa shape index (κ3) is 3.18. The highest BCUT2D eigenvalue weighted by molar-refractivity contribution is 4.82. The molecule has 88 valence electrons. The fraction of sp³-hybridized carbons (Fsp3) is 1.00. The number of likely N-dealkylation sites (tertiary alicyclic amines) is 1. The maximum Gasteiger partial charge on any atom is 0.00514 e. The van der Waals surface area contributed by atoms with Crippen LogP contribution < -0.4 is 5.73 Å². The van der Waals surface area contributed by atoms with Crippen LogP contribution in [-0.4, -0.2) is 30.6 Å². The molecule has 2 atom stereocenters. The molecule has 1 heterocycles. The predicted octanol–water partition coefficient (Wildman–Crippen LogP) is 2.24. The van der Waals surface area contributed by atoms with E-state index in [-0.39, 0.29) is 0 Å². The van der Waals surface area contributed by atoms with Gasteiger partial charge in [0.15, 0.2) is 0 Å². The van der Waals surface area contributed by atoms with E-state index in [9.17, 15) is 0 Å². The largest absolute Gasteiger partial charge is 0.328 e. The van der Waals surface area contributed by atoms with Crippen molar-refractivity contribution < 1.29 is 0 Å². The van der Waals surface area contributed by atoms with E-state index in [1.54, 1.807) is 0 Å². The van der Waals surface area contributed by atoms with Crippen molar-refractivity contribution in [3.8, 4) is 0 Å². The van der Waals surface area contributed by atoms with Crippen LogP contribution in [0.4, 0.5) is 0 Å². The van der Waals surface area contributed by atoms with Gasteiger partial charge in [0.05, 0.1) is 0 Å². The molecule has 2 nitrogen and oxygen atoms in total. The highest BCUT2D eigenvalue weighted by atomic mass is 15.1. The lowest BCUT2D eigenvalue weighted by molar-refractivity contribution is 0.225. The normalized spacial score (nSPS) is 32.0. The Hall–Kier alpha value is -0.0800. The molecule has 1 aliphatic heterocycles. The van der Waals surface area contributed by atoms with Gasteiger partial charge in [-0.3, -0.25) is 0 Å². The van der Waals surface area contributed by atoms with Crippen molar-refractivity contribution in [3.05, 3.63) is 0 Å². The molecular formula is C13H26N2. The van der Waals surface area contributed by atoms with Gasteiger partial charge in [-0.25, -0.2) is 0 Å². The van der Waals surface area contributed by atoms with Crippen LogP contribution in [0.25, 0.3) is 0 Å². The first-order valence-electron chi connectivity index (χ1n) is 6.73. The number of nitrogens with two attached hydrogens (primary N) is 1. The topological polar surface area (TPSA) is 29.3 Å². The highest BCUT2D eigenvalue weighted by Gasteiger charge is 2.27. The number of rotatable bonds is 3. The summed E-state index contributed by atoms with van der Waals surface area (Å²) in [6.45, 7) is 6.06. The molecule has 0 aromatic carbocycles. The average molecular weight is 210 g/mol. The maximum absolute atomic E-state index is 5.97. The zero-order chi connectivity index (χ0) is 10.7. The summed E-state index contributed by atoms with van der Waals surface area (Å²) >= 11 is 0. The number of hydrogen-bond donors (Lipinski definition) is 1. The van der Waals surface area contributed by atoms with E-state index in [0.29, 0.717) is 6.04 Å². The van der Waals surface area contributed by atoms with Crippen LogP contribution in [-0.2, 0) is 0 Å². The lowest BCUT2D eigenvalue weighted by Gasteiger charge is -2.27. The standard InChI is InChI=1S/C13H26N2/c1-11(14)13-7-8-15(10-13)9-12-5-3-2-4-6-12/h11-13H,2-10,14H2,1H3. The first-order chi connectivity index (χ1) is 7.25.